The minimum Gasteiger partial charge on any atom is -0.496 e. The number of para-hydroxylation sites is 3. The van der Waals surface area contributed by atoms with Gasteiger partial charge in [0.15, 0.2) is 0 Å². The Bertz CT molecular complexity index is 951. The first-order valence-electron chi connectivity index (χ1n) is 9.64. The quantitative estimate of drug-likeness (QED) is 0.578. The van der Waals surface area contributed by atoms with Crippen LogP contribution in [0.15, 0.2) is 53.4 Å². The van der Waals surface area contributed by atoms with Crippen LogP contribution in [0.1, 0.15) is 32.8 Å². The van der Waals surface area contributed by atoms with Crippen LogP contribution in [0.2, 0.25) is 0 Å². The van der Waals surface area contributed by atoms with E-state index in [1.54, 1.807) is 31.4 Å². The number of nitrogens with zero attached hydrogens (tertiary/aromatic N) is 1. The number of thioether (sulfide) groups is 1. The first-order chi connectivity index (χ1) is 14.0. The van der Waals surface area contributed by atoms with Gasteiger partial charge in [0.25, 0.3) is 11.8 Å². The Balaban J connectivity index is 2.12. The summed E-state index contributed by atoms with van der Waals surface area (Å²) >= 11 is 1.39. The van der Waals surface area contributed by atoms with Gasteiger partial charge < -0.3 is 9.47 Å². The summed E-state index contributed by atoms with van der Waals surface area (Å²) in [5.74, 6) is 0.381. The van der Waals surface area contributed by atoms with Crippen LogP contribution in [-0.2, 0) is 9.59 Å². The predicted octanol–water partition coefficient (Wildman–Crippen LogP) is 4.91. The molecule has 2 aromatic carbocycles. The largest absolute Gasteiger partial charge is 0.496 e. The van der Waals surface area contributed by atoms with Gasteiger partial charge >= 0.3 is 0 Å². The number of hydrogen-bond donors (Lipinski definition) is 0. The fraction of sp³-hybridized carbons (Fsp3) is 0.304. The van der Waals surface area contributed by atoms with E-state index in [0.717, 1.165) is 6.42 Å². The molecular formula is C23H25NO4S. The van der Waals surface area contributed by atoms with Gasteiger partial charge in [-0.2, -0.15) is 0 Å². The molecule has 152 valence electrons. The van der Waals surface area contributed by atoms with Crippen molar-refractivity contribution in [2.75, 3.05) is 18.6 Å². The summed E-state index contributed by atoms with van der Waals surface area (Å²) in [5.41, 5.74) is 1.45. The normalized spacial score (nSPS) is 14.2. The Morgan fingerprint density at radius 1 is 0.966 bits per heavy atom. The van der Waals surface area contributed by atoms with Crippen LogP contribution >= 0.6 is 11.8 Å². The zero-order valence-electron chi connectivity index (χ0n) is 17.1. The average molecular weight is 412 g/mol. The Hall–Kier alpha value is -2.73. The van der Waals surface area contributed by atoms with Gasteiger partial charge in [0.05, 0.1) is 29.9 Å². The molecule has 1 aliphatic rings. The number of benzene rings is 2. The zero-order valence-corrected chi connectivity index (χ0v) is 17.9. The lowest BCUT2D eigenvalue weighted by Gasteiger charge is -2.19. The van der Waals surface area contributed by atoms with Gasteiger partial charge in [-0.05, 0) is 24.6 Å². The van der Waals surface area contributed by atoms with Gasteiger partial charge in [-0.3, -0.25) is 9.59 Å². The van der Waals surface area contributed by atoms with E-state index in [0.29, 0.717) is 39.8 Å². The molecule has 0 N–H and O–H groups in total. The van der Waals surface area contributed by atoms with E-state index >= 15 is 0 Å². The number of amides is 2. The molecule has 0 radical (unpaired) electrons. The van der Waals surface area contributed by atoms with Gasteiger partial charge in [-0.25, -0.2) is 4.90 Å². The highest BCUT2D eigenvalue weighted by atomic mass is 32.2. The first kappa shape index (κ1) is 21.0. The van der Waals surface area contributed by atoms with Crippen molar-refractivity contribution in [2.45, 2.75) is 32.4 Å². The third-order valence-corrected chi connectivity index (χ3v) is 5.42. The molecule has 0 aliphatic carbocycles. The zero-order chi connectivity index (χ0) is 21.0. The second kappa shape index (κ2) is 9.18. The molecule has 5 nitrogen and oxygen atoms in total. The lowest BCUT2D eigenvalue weighted by Crippen LogP contribution is -2.31. The third kappa shape index (κ3) is 4.17. The number of hydrogen-bond acceptors (Lipinski definition) is 5. The third-order valence-electron chi connectivity index (χ3n) is 4.34. The van der Waals surface area contributed by atoms with Crippen LogP contribution in [0.25, 0.3) is 5.57 Å². The second-order valence-corrected chi connectivity index (χ2v) is 8.42. The van der Waals surface area contributed by atoms with Gasteiger partial charge in [-0.1, -0.05) is 51.1 Å². The van der Waals surface area contributed by atoms with Crippen LogP contribution < -0.4 is 14.4 Å². The van der Waals surface area contributed by atoms with E-state index < -0.39 is 0 Å². The molecule has 0 spiro atoms. The molecule has 1 aliphatic heterocycles. The predicted molar refractivity (Wildman–Crippen MR) is 117 cm³/mol. The fourth-order valence-corrected chi connectivity index (χ4v) is 4.12. The Kier molecular flexibility index (Phi) is 6.64. The molecule has 0 atom stereocenters. The van der Waals surface area contributed by atoms with Gasteiger partial charge in [0.2, 0.25) is 0 Å². The summed E-state index contributed by atoms with van der Waals surface area (Å²) in [4.78, 5) is 28.6. The number of imide groups is 1. The molecule has 29 heavy (non-hydrogen) atoms. The standard InChI is InChI=1S/C23H25NO4S/c1-5-14-28-19-13-9-7-11-17(19)24-22(25)20(21(23(24)26)29-15(2)3)16-10-6-8-12-18(16)27-4/h6-13,15H,5,14H2,1-4H3. The van der Waals surface area contributed by atoms with Crippen molar-refractivity contribution in [2.24, 2.45) is 0 Å². The number of carbonyl (C=O) groups is 2. The number of ether oxygens (including phenoxy) is 2. The summed E-state index contributed by atoms with van der Waals surface area (Å²) in [6, 6.07) is 14.4. The summed E-state index contributed by atoms with van der Waals surface area (Å²) in [6.07, 6.45) is 0.829. The minimum absolute atomic E-state index is 0.137. The molecule has 2 aromatic rings. The maximum atomic E-state index is 13.5. The van der Waals surface area contributed by atoms with Crippen molar-refractivity contribution in [1.29, 1.82) is 0 Å². The van der Waals surface area contributed by atoms with Crippen molar-refractivity contribution in [1.82, 2.24) is 0 Å². The van der Waals surface area contributed by atoms with Crippen molar-refractivity contribution in [3.8, 4) is 11.5 Å². The molecule has 0 aromatic heterocycles. The molecule has 0 bridgehead atoms. The van der Waals surface area contributed by atoms with Crippen molar-refractivity contribution in [3.63, 3.8) is 0 Å². The molecular weight excluding hydrogens is 386 g/mol. The monoisotopic (exact) mass is 411 g/mol. The molecule has 6 heteroatoms. The number of anilines is 1. The van der Waals surface area contributed by atoms with Gasteiger partial charge in [0, 0.05) is 10.8 Å². The number of methoxy groups -OCH3 is 1. The van der Waals surface area contributed by atoms with E-state index in [1.165, 1.54) is 16.7 Å². The molecule has 0 saturated carbocycles. The van der Waals surface area contributed by atoms with Crippen molar-refractivity contribution < 1.29 is 19.1 Å². The van der Waals surface area contributed by atoms with Crippen LogP contribution in [0, 0.1) is 0 Å². The molecule has 0 saturated heterocycles. The fourth-order valence-electron chi connectivity index (χ4n) is 3.14. The smallest absolute Gasteiger partial charge is 0.272 e. The molecule has 0 fully saturated rings. The van der Waals surface area contributed by atoms with Crippen molar-refractivity contribution in [3.05, 3.63) is 59.0 Å². The topological polar surface area (TPSA) is 55.8 Å². The average Bonchev–Trinajstić information content (AvgIpc) is 2.95. The second-order valence-electron chi connectivity index (χ2n) is 6.83. The molecule has 0 unspecified atom stereocenters. The Morgan fingerprint density at radius 3 is 2.28 bits per heavy atom. The summed E-state index contributed by atoms with van der Waals surface area (Å²) in [7, 11) is 1.56. The molecule has 2 amide bonds. The highest BCUT2D eigenvalue weighted by Gasteiger charge is 2.42. The van der Waals surface area contributed by atoms with Crippen LogP contribution in [-0.4, -0.2) is 30.8 Å². The Labute approximate surface area is 175 Å². The lowest BCUT2D eigenvalue weighted by molar-refractivity contribution is -0.119. The first-order valence-corrected chi connectivity index (χ1v) is 10.5. The summed E-state index contributed by atoms with van der Waals surface area (Å²) in [5, 5.41) is 0.137. The highest BCUT2D eigenvalue weighted by molar-refractivity contribution is 8.04. The maximum absolute atomic E-state index is 13.5. The SMILES string of the molecule is CCCOc1ccccc1N1C(=O)C(SC(C)C)=C(c2ccccc2OC)C1=O. The van der Waals surface area contributed by atoms with Gasteiger partial charge in [0.1, 0.15) is 11.5 Å². The molecule has 3 rings (SSSR count). The highest BCUT2D eigenvalue weighted by Crippen LogP contribution is 2.44. The van der Waals surface area contributed by atoms with E-state index in [1.807, 2.05) is 45.0 Å². The molecule has 1 heterocycles. The van der Waals surface area contributed by atoms with Crippen molar-refractivity contribution >= 4 is 34.8 Å². The van der Waals surface area contributed by atoms with Crippen LogP contribution in [0.5, 0.6) is 11.5 Å². The number of rotatable bonds is 8. The summed E-state index contributed by atoms with van der Waals surface area (Å²) < 4.78 is 11.3. The van der Waals surface area contributed by atoms with E-state index in [2.05, 4.69) is 0 Å². The Morgan fingerprint density at radius 2 is 1.62 bits per heavy atom. The lowest BCUT2D eigenvalue weighted by atomic mass is 10.0. The summed E-state index contributed by atoms with van der Waals surface area (Å²) in [6.45, 7) is 6.51. The van der Waals surface area contributed by atoms with Crippen LogP contribution in [0.3, 0.4) is 0 Å². The van der Waals surface area contributed by atoms with E-state index in [9.17, 15) is 9.59 Å². The maximum Gasteiger partial charge on any atom is 0.272 e. The van der Waals surface area contributed by atoms with E-state index in [4.69, 9.17) is 9.47 Å². The number of carbonyl (C=O) groups excluding carboxylic acids is 2. The van der Waals surface area contributed by atoms with Crippen LogP contribution in [0.4, 0.5) is 5.69 Å². The van der Waals surface area contributed by atoms with E-state index in [-0.39, 0.29) is 17.1 Å². The minimum atomic E-state index is -0.366. The van der Waals surface area contributed by atoms with Gasteiger partial charge in [-0.15, -0.1) is 11.8 Å².